The first-order valence-corrected chi connectivity index (χ1v) is 6.26. The van der Waals surface area contributed by atoms with E-state index >= 15 is 0 Å². The van der Waals surface area contributed by atoms with Crippen molar-refractivity contribution < 1.29 is 14.0 Å². The van der Waals surface area contributed by atoms with Crippen LogP contribution < -0.4 is 5.63 Å². The predicted octanol–water partition coefficient (Wildman–Crippen LogP) is 1.57. The average molecular weight is 280 g/mol. The van der Waals surface area contributed by atoms with Crippen LogP contribution in [0, 0.1) is 0 Å². The Kier molecular flexibility index (Phi) is 2.11. The van der Waals surface area contributed by atoms with Gasteiger partial charge < -0.3 is 4.42 Å². The maximum Gasteiger partial charge on any atom is 0.345 e. The molecule has 1 aromatic carbocycles. The van der Waals surface area contributed by atoms with Gasteiger partial charge in [-0.15, -0.1) is 0 Å². The van der Waals surface area contributed by atoms with Crippen LogP contribution in [0.25, 0.3) is 21.7 Å². The number of rotatable bonds is 0. The fraction of sp³-hybridized carbons (Fsp3) is 0.0667. The number of aromatic nitrogens is 1. The Morgan fingerprint density at radius 3 is 2.62 bits per heavy atom. The molecule has 0 saturated carbocycles. The van der Waals surface area contributed by atoms with Crippen LogP contribution >= 0.6 is 0 Å². The van der Waals surface area contributed by atoms with Gasteiger partial charge in [0.25, 0.3) is 11.8 Å². The lowest BCUT2D eigenvalue weighted by molar-refractivity contribution is 0.0692. The Morgan fingerprint density at radius 1 is 1.05 bits per heavy atom. The highest BCUT2D eigenvalue weighted by Gasteiger charge is 2.37. The first-order chi connectivity index (χ1) is 10.1. The molecule has 6 heteroatoms. The number of hydrogen-bond donors (Lipinski definition) is 0. The molecule has 2 amide bonds. The molecule has 0 aliphatic carbocycles. The number of carbonyl (C=O) groups is 2. The minimum absolute atomic E-state index is 0.00224. The van der Waals surface area contributed by atoms with Gasteiger partial charge in [0, 0.05) is 24.0 Å². The molecular weight excluding hydrogens is 272 g/mol. The highest BCUT2D eigenvalue weighted by molar-refractivity contribution is 6.26. The standard InChI is InChI=1S/C15H8N2O4/c1-17-13(18)11-10-8(6-16-12(11)14(17)19)7-4-2-3-5-9(7)21-15(10)20/h2-6H,1H3. The zero-order valence-electron chi connectivity index (χ0n) is 10.9. The molecule has 0 unspecified atom stereocenters. The highest BCUT2D eigenvalue weighted by Crippen LogP contribution is 2.29. The minimum atomic E-state index is -0.640. The summed E-state index contributed by atoms with van der Waals surface area (Å²) in [6.45, 7) is 0. The van der Waals surface area contributed by atoms with E-state index in [0.29, 0.717) is 16.4 Å². The lowest BCUT2D eigenvalue weighted by Gasteiger charge is -2.04. The van der Waals surface area contributed by atoms with Crippen molar-refractivity contribution in [2.75, 3.05) is 7.05 Å². The summed E-state index contributed by atoms with van der Waals surface area (Å²) in [5, 5.41) is 1.30. The Bertz CT molecular complexity index is 1020. The summed E-state index contributed by atoms with van der Waals surface area (Å²) >= 11 is 0. The summed E-state index contributed by atoms with van der Waals surface area (Å²) in [5.41, 5.74) is -0.197. The number of amides is 2. The minimum Gasteiger partial charge on any atom is -0.422 e. The zero-order valence-corrected chi connectivity index (χ0v) is 10.9. The third-order valence-electron chi connectivity index (χ3n) is 3.69. The molecule has 0 spiro atoms. The Balaban J connectivity index is 2.28. The lowest BCUT2D eigenvalue weighted by Crippen LogP contribution is -2.24. The van der Waals surface area contributed by atoms with Gasteiger partial charge in [-0.2, -0.15) is 0 Å². The van der Waals surface area contributed by atoms with Crippen LogP contribution in [-0.4, -0.2) is 28.7 Å². The molecule has 0 bridgehead atoms. The molecular formula is C15H8N2O4. The van der Waals surface area contributed by atoms with Crippen molar-refractivity contribution in [3.05, 3.63) is 52.1 Å². The van der Waals surface area contributed by atoms with Crippen molar-refractivity contribution in [2.45, 2.75) is 0 Å². The topological polar surface area (TPSA) is 80.5 Å². The second-order valence-corrected chi connectivity index (χ2v) is 4.83. The van der Waals surface area contributed by atoms with Crippen molar-refractivity contribution in [1.29, 1.82) is 0 Å². The molecule has 0 saturated heterocycles. The van der Waals surface area contributed by atoms with Crippen LogP contribution in [0.4, 0.5) is 0 Å². The summed E-state index contributed by atoms with van der Waals surface area (Å²) in [5.74, 6) is -1.04. The number of carbonyl (C=O) groups excluding carboxylic acids is 2. The van der Waals surface area contributed by atoms with E-state index in [4.69, 9.17) is 4.42 Å². The van der Waals surface area contributed by atoms with E-state index in [1.165, 1.54) is 13.2 Å². The van der Waals surface area contributed by atoms with Gasteiger partial charge in [-0.3, -0.25) is 14.5 Å². The highest BCUT2D eigenvalue weighted by atomic mass is 16.4. The van der Waals surface area contributed by atoms with Crippen LogP contribution in [0.1, 0.15) is 20.8 Å². The van der Waals surface area contributed by atoms with Crippen molar-refractivity contribution in [2.24, 2.45) is 0 Å². The molecule has 2 aromatic heterocycles. The molecule has 3 aromatic rings. The second kappa shape index (κ2) is 3.76. The second-order valence-electron chi connectivity index (χ2n) is 4.83. The first-order valence-electron chi connectivity index (χ1n) is 6.26. The van der Waals surface area contributed by atoms with E-state index in [0.717, 1.165) is 4.90 Å². The van der Waals surface area contributed by atoms with E-state index in [-0.39, 0.29) is 16.6 Å². The van der Waals surface area contributed by atoms with E-state index in [1.807, 2.05) is 0 Å². The first kappa shape index (κ1) is 11.8. The van der Waals surface area contributed by atoms with Crippen LogP contribution in [0.2, 0.25) is 0 Å². The van der Waals surface area contributed by atoms with Gasteiger partial charge in [0.2, 0.25) is 0 Å². The van der Waals surface area contributed by atoms with E-state index in [1.54, 1.807) is 24.3 Å². The predicted molar refractivity (Wildman–Crippen MR) is 74.2 cm³/mol. The monoisotopic (exact) mass is 280 g/mol. The number of imide groups is 1. The van der Waals surface area contributed by atoms with Gasteiger partial charge in [0.15, 0.2) is 0 Å². The van der Waals surface area contributed by atoms with Crippen molar-refractivity contribution in [3.63, 3.8) is 0 Å². The van der Waals surface area contributed by atoms with Crippen LogP contribution in [0.15, 0.2) is 39.7 Å². The molecule has 1 aliphatic rings. The Morgan fingerprint density at radius 2 is 1.81 bits per heavy atom. The number of para-hydroxylation sites is 1. The van der Waals surface area contributed by atoms with E-state index in [9.17, 15) is 14.4 Å². The zero-order chi connectivity index (χ0) is 14.7. The molecule has 0 N–H and O–H groups in total. The van der Waals surface area contributed by atoms with Crippen LogP contribution in [0.3, 0.4) is 0 Å². The summed E-state index contributed by atoms with van der Waals surface area (Å²) in [6, 6.07) is 7.00. The molecule has 0 fully saturated rings. The maximum atomic E-state index is 12.2. The molecule has 1 aliphatic heterocycles. The third kappa shape index (κ3) is 1.36. The fourth-order valence-electron chi connectivity index (χ4n) is 2.65. The number of benzene rings is 1. The third-order valence-corrected chi connectivity index (χ3v) is 3.69. The molecule has 21 heavy (non-hydrogen) atoms. The SMILES string of the molecule is CN1C(=O)c2ncc3c(c2C1=O)c(=O)oc1ccccc13. The van der Waals surface area contributed by atoms with Gasteiger partial charge in [0.1, 0.15) is 11.3 Å². The largest absolute Gasteiger partial charge is 0.422 e. The smallest absolute Gasteiger partial charge is 0.345 e. The quantitative estimate of drug-likeness (QED) is 0.355. The Labute approximate surface area is 117 Å². The van der Waals surface area contributed by atoms with Crippen molar-refractivity contribution in [3.8, 4) is 0 Å². The average Bonchev–Trinajstić information content (AvgIpc) is 2.72. The maximum absolute atomic E-state index is 12.2. The van der Waals surface area contributed by atoms with Crippen molar-refractivity contribution in [1.82, 2.24) is 9.88 Å². The fourth-order valence-corrected chi connectivity index (χ4v) is 2.65. The molecule has 4 rings (SSSR count). The molecule has 0 atom stereocenters. The molecule has 3 heterocycles. The van der Waals surface area contributed by atoms with Gasteiger partial charge in [-0.1, -0.05) is 18.2 Å². The molecule has 0 radical (unpaired) electrons. The van der Waals surface area contributed by atoms with Gasteiger partial charge in [-0.25, -0.2) is 9.78 Å². The van der Waals surface area contributed by atoms with Crippen LogP contribution in [0.5, 0.6) is 0 Å². The lowest BCUT2D eigenvalue weighted by atomic mass is 10.0. The van der Waals surface area contributed by atoms with Crippen LogP contribution in [-0.2, 0) is 0 Å². The number of pyridine rings is 1. The number of nitrogens with zero attached hydrogens (tertiary/aromatic N) is 2. The van der Waals surface area contributed by atoms with E-state index < -0.39 is 17.4 Å². The van der Waals surface area contributed by atoms with E-state index in [2.05, 4.69) is 4.98 Å². The normalized spacial score (nSPS) is 14.2. The van der Waals surface area contributed by atoms with Crippen molar-refractivity contribution >= 4 is 33.6 Å². The summed E-state index contributed by atoms with van der Waals surface area (Å²) in [4.78, 5) is 41.4. The number of hydrogen-bond acceptors (Lipinski definition) is 5. The summed E-state index contributed by atoms with van der Waals surface area (Å²) in [6.07, 6.45) is 1.44. The summed E-state index contributed by atoms with van der Waals surface area (Å²) in [7, 11) is 1.36. The molecule has 6 nitrogen and oxygen atoms in total. The van der Waals surface area contributed by atoms with Gasteiger partial charge >= 0.3 is 5.63 Å². The summed E-state index contributed by atoms with van der Waals surface area (Å²) < 4.78 is 5.25. The Hall–Kier alpha value is -3.02. The van der Waals surface area contributed by atoms with Gasteiger partial charge in [0.05, 0.1) is 10.9 Å². The van der Waals surface area contributed by atoms with Gasteiger partial charge in [-0.05, 0) is 6.07 Å². The molecule has 102 valence electrons. The number of fused-ring (bicyclic) bond motifs is 5.